The van der Waals surface area contributed by atoms with Crippen molar-refractivity contribution >= 4 is 0 Å². The van der Waals surface area contributed by atoms with Gasteiger partial charge in [-0.15, -0.1) is 0 Å². The zero-order chi connectivity index (χ0) is 6.77. The molecule has 10 heavy (non-hydrogen) atoms. The summed E-state index contributed by atoms with van der Waals surface area (Å²) < 4.78 is 0. The van der Waals surface area contributed by atoms with Crippen molar-refractivity contribution in [3.05, 3.63) is 0 Å². The zero-order valence-corrected chi connectivity index (χ0v) is 6.01. The highest BCUT2D eigenvalue weighted by molar-refractivity contribution is 5.20. The Labute approximate surface area is 60.6 Å². The van der Waals surface area contributed by atoms with Gasteiger partial charge in [0.2, 0.25) is 0 Å². The van der Waals surface area contributed by atoms with E-state index in [0.717, 1.165) is 18.9 Å². The predicted octanol–water partition coefficient (Wildman–Crippen LogP) is 0.262. The van der Waals surface area contributed by atoms with E-state index in [1.54, 1.807) is 0 Å². The van der Waals surface area contributed by atoms with Gasteiger partial charge < -0.3 is 10.4 Å². The molecule has 2 saturated carbocycles. The maximum Gasteiger partial charge on any atom is 0.0561 e. The molecule has 2 aliphatic carbocycles. The van der Waals surface area contributed by atoms with Crippen LogP contribution in [0.4, 0.5) is 0 Å². The Morgan fingerprint density at radius 2 is 2.30 bits per heavy atom. The molecule has 2 N–H and O–H groups in total. The fourth-order valence-electron chi connectivity index (χ4n) is 3.12. The Balaban J connectivity index is 1.89. The molecule has 0 aromatic rings. The van der Waals surface area contributed by atoms with Crippen molar-refractivity contribution in [1.29, 1.82) is 0 Å². The maximum absolute atomic E-state index is 9.39. The number of piperidine rings is 1. The highest BCUT2D eigenvalue weighted by Gasteiger charge is 2.64. The van der Waals surface area contributed by atoms with E-state index in [2.05, 4.69) is 5.32 Å². The smallest absolute Gasteiger partial charge is 0.0561 e. The molecule has 0 bridgehead atoms. The molecule has 1 aliphatic heterocycles. The van der Waals surface area contributed by atoms with E-state index in [4.69, 9.17) is 0 Å². The van der Waals surface area contributed by atoms with Gasteiger partial charge in [-0.05, 0) is 25.7 Å². The molecule has 0 aromatic heterocycles. The molecule has 1 heterocycles. The summed E-state index contributed by atoms with van der Waals surface area (Å²) in [6, 6.07) is 1.47. The Kier molecular flexibility index (Phi) is 0.783. The van der Waals surface area contributed by atoms with Crippen molar-refractivity contribution in [2.24, 2.45) is 5.41 Å². The van der Waals surface area contributed by atoms with Crippen molar-refractivity contribution in [2.75, 3.05) is 0 Å². The van der Waals surface area contributed by atoms with Crippen molar-refractivity contribution in [1.82, 2.24) is 5.32 Å². The molecule has 3 aliphatic rings. The van der Waals surface area contributed by atoms with Crippen LogP contribution in [0.1, 0.15) is 25.7 Å². The number of hydrogen-bond donors (Lipinski definition) is 2. The predicted molar refractivity (Wildman–Crippen MR) is 37.6 cm³/mol. The standard InChI is InChI=1S/C8H13NO/c10-5-3-7-8(4-5)2-1-6(8)9-7/h5-7,9-10H,1-4H2. The fraction of sp³-hybridized carbons (Fsp3) is 1.00. The van der Waals surface area contributed by atoms with Crippen LogP contribution in [0.15, 0.2) is 0 Å². The summed E-state index contributed by atoms with van der Waals surface area (Å²) in [5.74, 6) is 0. The first-order valence-electron chi connectivity index (χ1n) is 4.25. The lowest BCUT2D eigenvalue weighted by Crippen LogP contribution is -2.73. The average molecular weight is 139 g/mol. The van der Waals surface area contributed by atoms with Gasteiger partial charge in [0.25, 0.3) is 0 Å². The zero-order valence-electron chi connectivity index (χ0n) is 6.01. The second-order valence-corrected chi connectivity index (χ2v) is 4.14. The van der Waals surface area contributed by atoms with Crippen LogP contribution >= 0.6 is 0 Å². The topological polar surface area (TPSA) is 32.3 Å². The lowest BCUT2D eigenvalue weighted by molar-refractivity contribution is -0.0591. The summed E-state index contributed by atoms with van der Waals surface area (Å²) in [5, 5.41) is 12.9. The van der Waals surface area contributed by atoms with E-state index in [-0.39, 0.29) is 6.10 Å². The first kappa shape index (κ1) is 5.56. The van der Waals surface area contributed by atoms with Crippen LogP contribution < -0.4 is 5.32 Å². The van der Waals surface area contributed by atoms with E-state index in [0.29, 0.717) is 11.5 Å². The highest BCUT2D eigenvalue weighted by Crippen LogP contribution is 2.59. The third kappa shape index (κ3) is 0.397. The van der Waals surface area contributed by atoms with Crippen molar-refractivity contribution in [2.45, 2.75) is 43.9 Å². The second-order valence-electron chi connectivity index (χ2n) is 4.14. The molecule has 3 rings (SSSR count). The minimum Gasteiger partial charge on any atom is -0.393 e. The van der Waals surface area contributed by atoms with Crippen LogP contribution in [-0.2, 0) is 0 Å². The quantitative estimate of drug-likeness (QED) is 0.504. The molecule has 0 amide bonds. The van der Waals surface area contributed by atoms with Crippen molar-refractivity contribution in [3.8, 4) is 0 Å². The van der Waals surface area contributed by atoms with Gasteiger partial charge in [0.05, 0.1) is 6.10 Å². The molecule has 0 radical (unpaired) electrons. The minimum absolute atomic E-state index is 0.00259. The maximum atomic E-state index is 9.39. The Bertz CT molecular complexity index is 182. The second kappa shape index (κ2) is 1.41. The number of nitrogens with one attached hydrogen (secondary N) is 1. The Morgan fingerprint density at radius 3 is 2.70 bits per heavy atom. The summed E-state index contributed by atoms with van der Waals surface area (Å²) in [5.41, 5.74) is 0.583. The van der Waals surface area contributed by atoms with Crippen LogP contribution in [0.2, 0.25) is 0 Å². The third-order valence-corrected chi connectivity index (χ3v) is 3.81. The van der Waals surface area contributed by atoms with Crippen LogP contribution in [-0.4, -0.2) is 23.3 Å². The summed E-state index contributed by atoms with van der Waals surface area (Å²) >= 11 is 0. The van der Waals surface area contributed by atoms with Gasteiger partial charge in [0.1, 0.15) is 0 Å². The molecule has 4 atom stereocenters. The van der Waals surface area contributed by atoms with Gasteiger partial charge in [-0.2, -0.15) is 0 Å². The average Bonchev–Trinajstić information content (AvgIpc) is 2.21. The molecule has 1 spiro atoms. The molecular formula is C8H13NO. The Morgan fingerprint density at radius 1 is 1.40 bits per heavy atom. The van der Waals surface area contributed by atoms with Gasteiger partial charge in [-0.25, -0.2) is 0 Å². The monoisotopic (exact) mass is 139 g/mol. The van der Waals surface area contributed by atoms with Gasteiger partial charge in [0, 0.05) is 17.5 Å². The van der Waals surface area contributed by atoms with E-state index in [1.807, 2.05) is 0 Å². The van der Waals surface area contributed by atoms with E-state index in [1.165, 1.54) is 12.8 Å². The fourth-order valence-corrected chi connectivity index (χ4v) is 3.12. The lowest BCUT2D eigenvalue weighted by Gasteiger charge is -2.62. The van der Waals surface area contributed by atoms with Crippen LogP contribution in [0.5, 0.6) is 0 Å². The van der Waals surface area contributed by atoms with Crippen LogP contribution in [0.25, 0.3) is 0 Å². The summed E-state index contributed by atoms with van der Waals surface area (Å²) in [4.78, 5) is 0. The SMILES string of the molecule is OC1CC2NC3CCC32C1. The molecule has 2 nitrogen and oxygen atoms in total. The van der Waals surface area contributed by atoms with Crippen molar-refractivity contribution in [3.63, 3.8) is 0 Å². The largest absolute Gasteiger partial charge is 0.393 e. The number of aliphatic hydroxyl groups excluding tert-OH is 1. The Hall–Kier alpha value is -0.0800. The molecule has 0 aromatic carbocycles. The number of aliphatic hydroxyl groups is 1. The highest BCUT2D eigenvalue weighted by atomic mass is 16.3. The van der Waals surface area contributed by atoms with E-state index < -0.39 is 0 Å². The lowest BCUT2D eigenvalue weighted by atomic mass is 9.55. The molecule has 3 fully saturated rings. The number of hydrogen-bond acceptors (Lipinski definition) is 2. The third-order valence-electron chi connectivity index (χ3n) is 3.81. The molecule has 2 heteroatoms. The van der Waals surface area contributed by atoms with Crippen molar-refractivity contribution < 1.29 is 5.11 Å². The summed E-state index contributed by atoms with van der Waals surface area (Å²) in [7, 11) is 0. The molecule has 4 unspecified atom stereocenters. The van der Waals surface area contributed by atoms with Crippen LogP contribution in [0.3, 0.4) is 0 Å². The van der Waals surface area contributed by atoms with Gasteiger partial charge >= 0.3 is 0 Å². The normalized spacial score (nSPS) is 63.9. The minimum atomic E-state index is 0.00259. The number of rotatable bonds is 0. The molecule has 1 saturated heterocycles. The van der Waals surface area contributed by atoms with Gasteiger partial charge in [0.15, 0.2) is 0 Å². The summed E-state index contributed by atoms with van der Waals surface area (Å²) in [6.45, 7) is 0. The van der Waals surface area contributed by atoms with E-state index in [9.17, 15) is 5.11 Å². The van der Waals surface area contributed by atoms with E-state index >= 15 is 0 Å². The van der Waals surface area contributed by atoms with Gasteiger partial charge in [-0.3, -0.25) is 0 Å². The van der Waals surface area contributed by atoms with Crippen LogP contribution in [0, 0.1) is 5.41 Å². The first-order chi connectivity index (χ1) is 4.81. The molecule has 56 valence electrons. The van der Waals surface area contributed by atoms with Gasteiger partial charge in [-0.1, -0.05) is 0 Å². The summed E-state index contributed by atoms with van der Waals surface area (Å²) in [6.07, 6.45) is 4.81. The first-order valence-corrected chi connectivity index (χ1v) is 4.25. The molecular weight excluding hydrogens is 126 g/mol.